The predicted octanol–water partition coefficient (Wildman–Crippen LogP) is 1.57. The Balaban J connectivity index is 2.50. The van der Waals surface area contributed by atoms with Gasteiger partial charge in [0.05, 0.1) is 0 Å². The number of aromatic nitrogens is 3. The summed E-state index contributed by atoms with van der Waals surface area (Å²) < 4.78 is 1.61. The lowest BCUT2D eigenvalue weighted by atomic mass is 10.1. The van der Waals surface area contributed by atoms with E-state index in [1.54, 1.807) is 29.0 Å². The van der Waals surface area contributed by atoms with Gasteiger partial charge in [-0.1, -0.05) is 13.8 Å². The topological polar surface area (TPSA) is 47.3 Å². The van der Waals surface area contributed by atoms with Crippen molar-refractivity contribution in [3.63, 3.8) is 0 Å². The number of fused-ring (bicyclic) bond motifs is 1. The molecular weight excluding hydrogens is 178 g/mol. The van der Waals surface area contributed by atoms with Gasteiger partial charge < -0.3 is 0 Å². The van der Waals surface area contributed by atoms with Gasteiger partial charge >= 0.3 is 0 Å². The number of carbonyl (C=O) groups is 1. The van der Waals surface area contributed by atoms with Crippen LogP contribution in [0, 0.1) is 5.92 Å². The Hall–Kier alpha value is -1.71. The quantitative estimate of drug-likeness (QED) is 0.673. The lowest BCUT2D eigenvalue weighted by Gasteiger charge is -1.97. The van der Waals surface area contributed by atoms with E-state index in [9.17, 15) is 4.79 Å². The van der Waals surface area contributed by atoms with E-state index in [2.05, 4.69) is 10.1 Å². The zero-order valence-corrected chi connectivity index (χ0v) is 8.14. The monoisotopic (exact) mass is 189 g/mol. The normalized spacial score (nSPS) is 11.1. The highest BCUT2D eigenvalue weighted by Crippen LogP contribution is 2.08. The van der Waals surface area contributed by atoms with Crippen molar-refractivity contribution in [1.82, 2.24) is 14.6 Å². The van der Waals surface area contributed by atoms with Crippen LogP contribution < -0.4 is 0 Å². The molecule has 4 nitrogen and oxygen atoms in total. The first-order valence-electron chi connectivity index (χ1n) is 4.53. The molecule has 0 atom stereocenters. The third-order valence-corrected chi connectivity index (χ3v) is 2.01. The van der Waals surface area contributed by atoms with Crippen LogP contribution in [0.1, 0.15) is 24.3 Å². The number of nitrogens with zero attached hydrogens (tertiary/aromatic N) is 3. The molecule has 0 radical (unpaired) electrons. The molecule has 4 heteroatoms. The molecule has 2 rings (SSSR count). The maximum Gasteiger partial charge on any atom is 0.185 e. The van der Waals surface area contributed by atoms with Crippen LogP contribution in [0.15, 0.2) is 24.5 Å². The standard InChI is InChI=1S/C10H11N3O/c1-7(2)10(14)8-6-9-11-4-3-5-13(9)12-8/h3-7H,1-2H3. The molecule has 0 aliphatic rings. The van der Waals surface area contributed by atoms with Gasteiger partial charge in [0, 0.05) is 24.4 Å². The van der Waals surface area contributed by atoms with Crippen molar-refractivity contribution >= 4 is 11.4 Å². The van der Waals surface area contributed by atoms with Gasteiger partial charge in [-0.3, -0.25) is 4.79 Å². The van der Waals surface area contributed by atoms with Crippen LogP contribution in [0.4, 0.5) is 0 Å². The van der Waals surface area contributed by atoms with Crippen LogP contribution in [0.3, 0.4) is 0 Å². The molecule has 72 valence electrons. The number of hydrogen-bond donors (Lipinski definition) is 0. The summed E-state index contributed by atoms with van der Waals surface area (Å²) in [6, 6.07) is 3.49. The number of Topliss-reactive ketones (excluding diaryl/α,β-unsaturated/α-hetero) is 1. The minimum atomic E-state index is -0.0279. The van der Waals surface area contributed by atoms with Crippen molar-refractivity contribution in [3.8, 4) is 0 Å². The van der Waals surface area contributed by atoms with Crippen molar-refractivity contribution in [3.05, 3.63) is 30.2 Å². The SMILES string of the molecule is CC(C)C(=O)c1cc2ncccn2n1. The van der Waals surface area contributed by atoms with Crippen molar-refractivity contribution in [2.75, 3.05) is 0 Å². The molecule has 0 bridgehead atoms. The molecule has 14 heavy (non-hydrogen) atoms. The van der Waals surface area contributed by atoms with E-state index >= 15 is 0 Å². The Bertz CT molecular complexity index is 440. The molecule has 0 unspecified atom stereocenters. The van der Waals surface area contributed by atoms with E-state index in [1.807, 2.05) is 13.8 Å². The van der Waals surface area contributed by atoms with Crippen LogP contribution in [-0.4, -0.2) is 20.4 Å². The van der Waals surface area contributed by atoms with E-state index in [-0.39, 0.29) is 11.7 Å². The molecule has 0 saturated heterocycles. The molecule has 0 saturated carbocycles. The summed E-state index contributed by atoms with van der Waals surface area (Å²) in [4.78, 5) is 15.7. The van der Waals surface area contributed by atoms with Crippen molar-refractivity contribution in [2.45, 2.75) is 13.8 Å². The highest BCUT2D eigenvalue weighted by Gasteiger charge is 2.14. The fourth-order valence-electron chi connectivity index (χ4n) is 1.25. The third kappa shape index (κ3) is 1.39. The van der Waals surface area contributed by atoms with Gasteiger partial charge in [-0.25, -0.2) is 9.50 Å². The van der Waals surface area contributed by atoms with E-state index in [4.69, 9.17) is 0 Å². The largest absolute Gasteiger partial charge is 0.292 e. The van der Waals surface area contributed by atoms with Crippen molar-refractivity contribution in [1.29, 1.82) is 0 Å². The fraction of sp³-hybridized carbons (Fsp3) is 0.300. The Morgan fingerprint density at radius 2 is 2.29 bits per heavy atom. The Labute approximate surface area is 81.6 Å². The molecule has 0 aliphatic heterocycles. The van der Waals surface area contributed by atoms with Gasteiger partial charge in [0.15, 0.2) is 11.4 Å². The summed E-state index contributed by atoms with van der Waals surface area (Å²) in [5.41, 5.74) is 1.19. The van der Waals surface area contributed by atoms with Crippen LogP contribution in [-0.2, 0) is 0 Å². The zero-order valence-electron chi connectivity index (χ0n) is 8.14. The minimum absolute atomic E-state index is 0.0279. The Morgan fingerprint density at radius 3 is 2.93 bits per heavy atom. The molecule has 0 amide bonds. The highest BCUT2D eigenvalue weighted by molar-refractivity contribution is 5.96. The molecular formula is C10H11N3O. The van der Waals surface area contributed by atoms with Gasteiger partial charge in [-0.05, 0) is 6.07 Å². The Morgan fingerprint density at radius 1 is 1.50 bits per heavy atom. The van der Waals surface area contributed by atoms with Crippen LogP contribution in [0.2, 0.25) is 0 Å². The number of carbonyl (C=O) groups excluding carboxylic acids is 1. The summed E-state index contributed by atoms with van der Waals surface area (Å²) in [6.07, 6.45) is 3.46. The van der Waals surface area contributed by atoms with Gasteiger partial charge in [0.1, 0.15) is 5.69 Å². The summed E-state index contributed by atoms with van der Waals surface area (Å²) in [5.74, 6) is 0.0235. The fourth-order valence-corrected chi connectivity index (χ4v) is 1.25. The lowest BCUT2D eigenvalue weighted by molar-refractivity contribution is 0.0934. The van der Waals surface area contributed by atoms with E-state index < -0.39 is 0 Å². The maximum absolute atomic E-state index is 11.6. The molecule has 0 fully saturated rings. The van der Waals surface area contributed by atoms with E-state index in [0.29, 0.717) is 11.3 Å². The van der Waals surface area contributed by atoms with Crippen molar-refractivity contribution < 1.29 is 4.79 Å². The summed E-state index contributed by atoms with van der Waals surface area (Å²) in [5, 5.41) is 4.14. The second-order valence-corrected chi connectivity index (χ2v) is 3.47. The summed E-state index contributed by atoms with van der Waals surface area (Å²) in [7, 11) is 0. The van der Waals surface area contributed by atoms with Gasteiger partial charge in [-0.15, -0.1) is 0 Å². The van der Waals surface area contributed by atoms with E-state index in [0.717, 1.165) is 0 Å². The maximum atomic E-state index is 11.6. The number of hydrogen-bond acceptors (Lipinski definition) is 3. The van der Waals surface area contributed by atoms with Crippen LogP contribution in [0.5, 0.6) is 0 Å². The smallest absolute Gasteiger partial charge is 0.185 e. The second-order valence-electron chi connectivity index (χ2n) is 3.47. The number of rotatable bonds is 2. The molecule has 2 aromatic heterocycles. The molecule has 0 N–H and O–H groups in total. The average Bonchev–Trinajstić information content (AvgIpc) is 2.59. The molecule has 2 aromatic rings. The first-order chi connectivity index (χ1) is 6.68. The average molecular weight is 189 g/mol. The van der Waals surface area contributed by atoms with Crippen molar-refractivity contribution in [2.24, 2.45) is 5.92 Å². The van der Waals surface area contributed by atoms with Crippen LogP contribution >= 0.6 is 0 Å². The van der Waals surface area contributed by atoms with E-state index in [1.165, 1.54) is 0 Å². The minimum Gasteiger partial charge on any atom is -0.292 e. The highest BCUT2D eigenvalue weighted by atomic mass is 16.1. The third-order valence-electron chi connectivity index (χ3n) is 2.01. The van der Waals surface area contributed by atoms with Gasteiger partial charge in [0.25, 0.3) is 0 Å². The molecule has 0 spiro atoms. The van der Waals surface area contributed by atoms with Gasteiger partial charge in [0.2, 0.25) is 0 Å². The van der Waals surface area contributed by atoms with Crippen LogP contribution in [0.25, 0.3) is 5.65 Å². The Kier molecular flexibility index (Phi) is 2.04. The molecule has 2 heterocycles. The second kappa shape index (κ2) is 3.21. The molecule has 0 aliphatic carbocycles. The lowest BCUT2D eigenvalue weighted by Crippen LogP contribution is -2.08. The zero-order chi connectivity index (χ0) is 10.1. The molecule has 0 aromatic carbocycles. The first-order valence-corrected chi connectivity index (χ1v) is 4.53. The summed E-state index contributed by atoms with van der Waals surface area (Å²) in [6.45, 7) is 3.72. The predicted molar refractivity (Wildman–Crippen MR) is 52.2 cm³/mol. The first kappa shape index (κ1) is 8.87. The van der Waals surface area contributed by atoms with Gasteiger partial charge in [-0.2, -0.15) is 5.10 Å². The number of ketones is 1. The summed E-state index contributed by atoms with van der Waals surface area (Å²) >= 11 is 0.